The number of amides is 1. The molecule has 2 aromatic rings. The van der Waals surface area contributed by atoms with Crippen molar-refractivity contribution in [3.63, 3.8) is 0 Å². The highest BCUT2D eigenvalue weighted by Crippen LogP contribution is 2.20. The Labute approximate surface area is 143 Å². The molecule has 6 heteroatoms. The topological polar surface area (TPSA) is 66.5 Å². The van der Waals surface area contributed by atoms with Crippen LogP contribution in [0.15, 0.2) is 54.6 Å². The fourth-order valence-electron chi connectivity index (χ4n) is 2.43. The molecule has 128 valence electrons. The van der Waals surface area contributed by atoms with Gasteiger partial charge in [-0.25, -0.2) is 8.42 Å². The molecule has 0 bridgehead atoms. The summed E-state index contributed by atoms with van der Waals surface area (Å²) in [7, 11) is -3.58. The molecule has 0 aromatic heterocycles. The van der Waals surface area contributed by atoms with Crippen molar-refractivity contribution in [2.75, 3.05) is 10.6 Å². The number of para-hydroxylation sites is 1. The van der Waals surface area contributed by atoms with Gasteiger partial charge in [0.1, 0.15) is 6.04 Å². The Morgan fingerprint density at radius 3 is 2.21 bits per heavy atom. The molecular weight excluding hydrogens is 324 g/mol. The van der Waals surface area contributed by atoms with Gasteiger partial charge in [-0.1, -0.05) is 48.0 Å². The van der Waals surface area contributed by atoms with E-state index in [4.69, 9.17) is 0 Å². The molecule has 0 aliphatic carbocycles. The highest BCUT2D eigenvalue weighted by molar-refractivity contribution is 7.92. The smallest absolute Gasteiger partial charge is 0.243 e. The van der Waals surface area contributed by atoms with Crippen LogP contribution in [-0.2, 0) is 21.4 Å². The zero-order valence-electron chi connectivity index (χ0n) is 14.1. The van der Waals surface area contributed by atoms with Crippen LogP contribution in [0.5, 0.6) is 0 Å². The number of anilines is 1. The van der Waals surface area contributed by atoms with Crippen molar-refractivity contribution in [2.45, 2.75) is 26.4 Å². The lowest BCUT2D eigenvalue weighted by atomic mass is 10.1. The maximum absolute atomic E-state index is 12.4. The molecule has 0 spiro atoms. The summed E-state index contributed by atoms with van der Waals surface area (Å²) < 4.78 is 25.4. The molecular formula is C18H22N2O3S. The second-order valence-corrected chi connectivity index (χ2v) is 7.63. The molecule has 0 saturated carbocycles. The number of nitrogens with one attached hydrogen (secondary N) is 1. The highest BCUT2D eigenvalue weighted by Gasteiger charge is 2.28. The summed E-state index contributed by atoms with van der Waals surface area (Å²) in [6, 6.07) is 15.6. The van der Waals surface area contributed by atoms with E-state index in [1.165, 1.54) is 0 Å². The number of sulfonamides is 1. The summed E-state index contributed by atoms with van der Waals surface area (Å²) in [5.74, 6) is -0.343. The van der Waals surface area contributed by atoms with Gasteiger partial charge in [0.25, 0.3) is 0 Å². The van der Waals surface area contributed by atoms with E-state index in [9.17, 15) is 13.2 Å². The third-order valence-electron chi connectivity index (χ3n) is 3.69. The molecule has 2 aromatic carbocycles. The molecule has 24 heavy (non-hydrogen) atoms. The van der Waals surface area contributed by atoms with Crippen molar-refractivity contribution in [1.82, 2.24) is 5.32 Å². The zero-order valence-corrected chi connectivity index (χ0v) is 14.9. The van der Waals surface area contributed by atoms with E-state index in [1.54, 1.807) is 37.3 Å². The predicted octanol–water partition coefficient (Wildman–Crippen LogP) is 2.47. The van der Waals surface area contributed by atoms with Crippen LogP contribution >= 0.6 is 0 Å². The quantitative estimate of drug-likeness (QED) is 0.874. The van der Waals surface area contributed by atoms with E-state index >= 15 is 0 Å². The van der Waals surface area contributed by atoms with Gasteiger partial charge in [0.2, 0.25) is 15.9 Å². The number of hydrogen-bond donors (Lipinski definition) is 1. The average Bonchev–Trinajstić information content (AvgIpc) is 2.54. The summed E-state index contributed by atoms with van der Waals surface area (Å²) in [5.41, 5.74) is 2.58. The molecule has 1 atom stereocenters. The Hall–Kier alpha value is -2.34. The Balaban J connectivity index is 2.13. The first kappa shape index (κ1) is 18.0. The molecule has 0 aliphatic heterocycles. The van der Waals surface area contributed by atoms with Gasteiger partial charge in [-0.15, -0.1) is 0 Å². The van der Waals surface area contributed by atoms with Gasteiger partial charge in [-0.05, 0) is 31.5 Å². The minimum Gasteiger partial charge on any atom is -0.350 e. The van der Waals surface area contributed by atoms with E-state index < -0.39 is 16.1 Å². The third kappa shape index (κ3) is 4.58. The van der Waals surface area contributed by atoms with Crippen molar-refractivity contribution in [3.05, 3.63) is 65.7 Å². The maximum Gasteiger partial charge on any atom is 0.243 e. The van der Waals surface area contributed by atoms with E-state index in [2.05, 4.69) is 5.32 Å². The summed E-state index contributed by atoms with van der Waals surface area (Å²) >= 11 is 0. The minimum absolute atomic E-state index is 0.343. The van der Waals surface area contributed by atoms with Crippen LogP contribution in [0, 0.1) is 6.92 Å². The monoisotopic (exact) mass is 346 g/mol. The largest absolute Gasteiger partial charge is 0.350 e. The SMILES string of the molecule is Cc1ccc(CNC(=O)[C@@H](C)N(c2ccccc2)S(C)(=O)=O)cc1. The van der Waals surface area contributed by atoms with Crippen molar-refractivity contribution in [3.8, 4) is 0 Å². The van der Waals surface area contributed by atoms with Crippen LogP contribution < -0.4 is 9.62 Å². The molecule has 5 nitrogen and oxygen atoms in total. The van der Waals surface area contributed by atoms with Crippen LogP contribution in [0.1, 0.15) is 18.1 Å². The zero-order chi connectivity index (χ0) is 17.7. The standard InChI is InChI=1S/C18H22N2O3S/c1-14-9-11-16(12-10-14)13-19-18(21)15(2)20(24(3,22)23)17-7-5-4-6-8-17/h4-12,15H,13H2,1-3H3,(H,19,21)/t15-/m1/s1. The minimum atomic E-state index is -3.58. The molecule has 0 fully saturated rings. The fourth-order valence-corrected chi connectivity index (χ4v) is 3.60. The molecule has 0 aliphatic rings. The van der Waals surface area contributed by atoms with E-state index in [1.807, 2.05) is 31.2 Å². The van der Waals surface area contributed by atoms with Gasteiger partial charge < -0.3 is 5.32 Å². The first-order valence-corrected chi connectivity index (χ1v) is 9.51. The van der Waals surface area contributed by atoms with Gasteiger partial charge in [-0.2, -0.15) is 0 Å². The molecule has 2 rings (SSSR count). The second-order valence-electron chi connectivity index (χ2n) is 5.77. The summed E-state index contributed by atoms with van der Waals surface area (Å²) in [6.07, 6.45) is 1.10. The van der Waals surface area contributed by atoms with Crippen molar-refractivity contribution >= 4 is 21.6 Å². The lowest BCUT2D eigenvalue weighted by molar-refractivity contribution is -0.122. The van der Waals surface area contributed by atoms with E-state index in [-0.39, 0.29) is 5.91 Å². The number of benzene rings is 2. The van der Waals surface area contributed by atoms with Crippen molar-refractivity contribution in [2.24, 2.45) is 0 Å². The van der Waals surface area contributed by atoms with Crippen LogP contribution in [0.25, 0.3) is 0 Å². The lowest BCUT2D eigenvalue weighted by Crippen LogP contribution is -2.47. The van der Waals surface area contributed by atoms with Crippen molar-refractivity contribution in [1.29, 1.82) is 0 Å². The maximum atomic E-state index is 12.4. The number of hydrogen-bond acceptors (Lipinski definition) is 3. The average molecular weight is 346 g/mol. The molecule has 0 unspecified atom stereocenters. The van der Waals surface area contributed by atoms with Gasteiger partial charge in [0, 0.05) is 6.54 Å². The first-order valence-electron chi connectivity index (χ1n) is 7.67. The second kappa shape index (κ2) is 7.49. The number of carbonyl (C=O) groups is 1. The number of aryl methyl sites for hydroxylation is 1. The van der Waals surface area contributed by atoms with Crippen LogP contribution in [0.2, 0.25) is 0 Å². The first-order chi connectivity index (χ1) is 11.3. The summed E-state index contributed by atoms with van der Waals surface area (Å²) in [6.45, 7) is 3.93. The number of rotatable bonds is 6. The summed E-state index contributed by atoms with van der Waals surface area (Å²) in [4.78, 5) is 12.4. The Morgan fingerprint density at radius 1 is 1.08 bits per heavy atom. The van der Waals surface area contributed by atoms with Gasteiger partial charge in [-0.3, -0.25) is 9.10 Å². The van der Waals surface area contributed by atoms with E-state index in [0.29, 0.717) is 12.2 Å². The normalized spacial score (nSPS) is 12.5. The number of nitrogens with zero attached hydrogens (tertiary/aromatic N) is 1. The molecule has 0 radical (unpaired) electrons. The molecule has 1 amide bonds. The van der Waals surface area contributed by atoms with Crippen LogP contribution in [0.3, 0.4) is 0 Å². The van der Waals surface area contributed by atoms with Gasteiger partial charge in [0.15, 0.2) is 0 Å². The molecule has 1 N–H and O–H groups in total. The highest BCUT2D eigenvalue weighted by atomic mass is 32.2. The van der Waals surface area contributed by atoms with E-state index in [0.717, 1.165) is 21.7 Å². The fraction of sp³-hybridized carbons (Fsp3) is 0.278. The lowest BCUT2D eigenvalue weighted by Gasteiger charge is -2.28. The summed E-state index contributed by atoms with van der Waals surface area (Å²) in [5, 5.41) is 2.80. The predicted molar refractivity (Wildman–Crippen MR) is 96.3 cm³/mol. The van der Waals surface area contributed by atoms with Gasteiger partial charge in [0.05, 0.1) is 11.9 Å². The Kier molecular flexibility index (Phi) is 5.62. The third-order valence-corrected chi connectivity index (χ3v) is 4.93. The van der Waals surface area contributed by atoms with Gasteiger partial charge >= 0.3 is 0 Å². The molecule has 0 saturated heterocycles. The van der Waals surface area contributed by atoms with Crippen LogP contribution in [-0.4, -0.2) is 26.6 Å². The Morgan fingerprint density at radius 2 is 1.67 bits per heavy atom. The Bertz CT molecular complexity index is 787. The molecule has 0 heterocycles. The van der Waals surface area contributed by atoms with Crippen molar-refractivity contribution < 1.29 is 13.2 Å². The van der Waals surface area contributed by atoms with Crippen LogP contribution in [0.4, 0.5) is 5.69 Å². The number of carbonyl (C=O) groups excluding carboxylic acids is 1.